The zero-order chi connectivity index (χ0) is 15.0. The number of nitrogen functional groups attached to an aromatic ring is 1. The molecule has 1 fully saturated rings. The number of nitrogens with zero attached hydrogens (tertiary/aromatic N) is 1. The van der Waals surface area contributed by atoms with Gasteiger partial charge in [0.2, 0.25) is 10.0 Å². The van der Waals surface area contributed by atoms with Gasteiger partial charge in [0, 0.05) is 19.7 Å². The molecule has 8 nitrogen and oxygen atoms in total. The van der Waals surface area contributed by atoms with Gasteiger partial charge in [-0.1, -0.05) is 11.3 Å². The van der Waals surface area contributed by atoms with Crippen LogP contribution in [0.25, 0.3) is 0 Å². The van der Waals surface area contributed by atoms with Crippen molar-refractivity contribution in [1.82, 2.24) is 4.72 Å². The third-order valence-corrected chi connectivity index (χ3v) is 6.29. The molecule has 20 heavy (non-hydrogen) atoms. The maximum Gasteiger partial charge on any atom is 0.304 e. The molecule has 0 aromatic carbocycles. The van der Waals surface area contributed by atoms with Crippen LogP contribution in [-0.4, -0.2) is 32.6 Å². The third-order valence-electron chi connectivity index (χ3n) is 3.46. The van der Waals surface area contributed by atoms with Crippen LogP contribution < -0.4 is 10.5 Å². The van der Waals surface area contributed by atoms with Crippen molar-refractivity contribution in [3.8, 4) is 0 Å². The molecule has 112 valence electrons. The molecule has 0 unspecified atom stereocenters. The van der Waals surface area contributed by atoms with Crippen LogP contribution in [0.4, 0.5) is 10.7 Å². The van der Waals surface area contributed by atoms with Crippen molar-refractivity contribution in [3.63, 3.8) is 0 Å². The Morgan fingerprint density at radius 3 is 2.65 bits per heavy atom. The van der Waals surface area contributed by atoms with Crippen LogP contribution in [-0.2, 0) is 14.8 Å². The lowest BCUT2D eigenvalue weighted by Gasteiger charge is -2.40. The highest BCUT2D eigenvalue weighted by Crippen LogP contribution is 2.36. The minimum atomic E-state index is -3.81. The SMILES string of the molecule is COC1(CNS(=O)(=O)c2cc([N+](=O)[O-])c(N)s2)CCC1. The molecule has 0 aliphatic heterocycles. The fourth-order valence-corrected chi connectivity index (χ4v) is 4.34. The van der Waals surface area contributed by atoms with Gasteiger partial charge in [0.25, 0.3) is 0 Å². The van der Waals surface area contributed by atoms with E-state index in [9.17, 15) is 18.5 Å². The van der Waals surface area contributed by atoms with Gasteiger partial charge in [-0.05, 0) is 19.3 Å². The van der Waals surface area contributed by atoms with E-state index in [0.717, 1.165) is 25.3 Å². The predicted molar refractivity (Wildman–Crippen MR) is 74.2 cm³/mol. The lowest BCUT2D eigenvalue weighted by Crippen LogP contribution is -2.49. The van der Waals surface area contributed by atoms with Crippen LogP contribution in [0.5, 0.6) is 0 Å². The first-order valence-corrected chi connectivity index (χ1v) is 8.18. The van der Waals surface area contributed by atoms with E-state index in [1.54, 1.807) is 7.11 Å². The van der Waals surface area contributed by atoms with Crippen molar-refractivity contribution in [2.24, 2.45) is 0 Å². The molecule has 1 aliphatic carbocycles. The van der Waals surface area contributed by atoms with Gasteiger partial charge in [-0.25, -0.2) is 13.1 Å². The van der Waals surface area contributed by atoms with E-state index in [2.05, 4.69) is 4.72 Å². The Morgan fingerprint density at radius 1 is 1.60 bits per heavy atom. The van der Waals surface area contributed by atoms with Crippen molar-refractivity contribution < 1.29 is 18.1 Å². The Bertz CT molecular complexity index is 615. The molecule has 2 rings (SSSR count). The Hall–Kier alpha value is -1.23. The highest BCUT2D eigenvalue weighted by molar-refractivity contribution is 7.91. The Kier molecular flexibility index (Phi) is 4.00. The lowest BCUT2D eigenvalue weighted by atomic mass is 9.80. The van der Waals surface area contributed by atoms with E-state index >= 15 is 0 Å². The van der Waals surface area contributed by atoms with Crippen LogP contribution in [0, 0.1) is 10.1 Å². The van der Waals surface area contributed by atoms with Crippen molar-refractivity contribution in [2.75, 3.05) is 19.4 Å². The van der Waals surface area contributed by atoms with Crippen LogP contribution >= 0.6 is 11.3 Å². The summed E-state index contributed by atoms with van der Waals surface area (Å²) in [5.74, 6) is 0. The van der Waals surface area contributed by atoms with E-state index in [1.807, 2.05) is 0 Å². The number of nitrogens with one attached hydrogen (secondary N) is 1. The first kappa shape index (κ1) is 15.2. The van der Waals surface area contributed by atoms with Crippen molar-refractivity contribution in [3.05, 3.63) is 16.2 Å². The second kappa shape index (κ2) is 5.28. The molecule has 1 aromatic rings. The highest BCUT2D eigenvalue weighted by Gasteiger charge is 2.38. The minimum Gasteiger partial charge on any atom is -0.385 e. The van der Waals surface area contributed by atoms with E-state index < -0.39 is 20.5 Å². The molecule has 0 amide bonds. The summed E-state index contributed by atoms with van der Waals surface area (Å²) in [6.07, 6.45) is 2.57. The van der Waals surface area contributed by atoms with Gasteiger partial charge in [0.15, 0.2) is 5.00 Å². The molecule has 3 N–H and O–H groups in total. The van der Waals surface area contributed by atoms with Crippen molar-refractivity contribution in [1.29, 1.82) is 0 Å². The topological polar surface area (TPSA) is 125 Å². The number of nitrogens with two attached hydrogens (primary N) is 1. The van der Waals surface area contributed by atoms with Crippen LogP contribution in [0.2, 0.25) is 0 Å². The second-order valence-corrected chi connectivity index (χ2v) is 7.71. The molecule has 0 atom stereocenters. The number of rotatable bonds is 6. The number of thiophene rings is 1. The molecule has 10 heteroatoms. The van der Waals surface area contributed by atoms with Gasteiger partial charge in [0.1, 0.15) is 4.21 Å². The summed E-state index contributed by atoms with van der Waals surface area (Å²) in [6, 6.07) is 0.975. The number of hydrogen-bond donors (Lipinski definition) is 2. The zero-order valence-corrected chi connectivity index (χ0v) is 12.4. The number of hydrogen-bond acceptors (Lipinski definition) is 7. The molecule has 1 aliphatic rings. The van der Waals surface area contributed by atoms with Gasteiger partial charge >= 0.3 is 5.69 Å². The summed E-state index contributed by atoms with van der Waals surface area (Å²) >= 11 is 0.678. The Morgan fingerprint density at radius 2 is 2.25 bits per heavy atom. The fourth-order valence-electron chi connectivity index (χ4n) is 1.97. The minimum absolute atomic E-state index is 0.125. The summed E-state index contributed by atoms with van der Waals surface area (Å²) in [5.41, 5.74) is 4.60. The van der Waals surface area contributed by atoms with Crippen molar-refractivity contribution in [2.45, 2.75) is 29.1 Å². The van der Waals surface area contributed by atoms with Crippen LogP contribution in [0.15, 0.2) is 10.3 Å². The number of ether oxygens (including phenoxy) is 1. The molecule has 1 aromatic heterocycles. The van der Waals surface area contributed by atoms with Gasteiger partial charge in [-0.15, -0.1) is 0 Å². The third kappa shape index (κ3) is 2.77. The summed E-state index contributed by atoms with van der Waals surface area (Å²) in [4.78, 5) is 9.98. The number of nitro groups is 1. The first-order chi connectivity index (χ1) is 9.30. The van der Waals surface area contributed by atoms with Crippen molar-refractivity contribution >= 4 is 32.0 Å². The first-order valence-electron chi connectivity index (χ1n) is 5.88. The largest absolute Gasteiger partial charge is 0.385 e. The average molecular weight is 321 g/mol. The van der Waals surface area contributed by atoms with Gasteiger partial charge in [-0.3, -0.25) is 10.1 Å². The van der Waals surface area contributed by atoms with E-state index in [0.29, 0.717) is 11.3 Å². The molecular weight excluding hydrogens is 306 g/mol. The predicted octanol–water partition coefficient (Wildman–Crippen LogP) is 1.09. The molecule has 1 heterocycles. The highest BCUT2D eigenvalue weighted by atomic mass is 32.2. The van der Waals surface area contributed by atoms with Crippen LogP contribution in [0.1, 0.15) is 19.3 Å². The smallest absolute Gasteiger partial charge is 0.304 e. The summed E-state index contributed by atoms with van der Waals surface area (Å²) < 4.78 is 31.8. The van der Waals surface area contributed by atoms with E-state index in [1.165, 1.54) is 0 Å². The monoisotopic (exact) mass is 321 g/mol. The molecular formula is C10H15N3O5S2. The van der Waals surface area contributed by atoms with Crippen LogP contribution in [0.3, 0.4) is 0 Å². The molecule has 0 spiro atoms. The quantitative estimate of drug-likeness (QED) is 0.597. The summed E-state index contributed by atoms with van der Waals surface area (Å²) in [6.45, 7) is 0.150. The van der Waals surface area contributed by atoms with E-state index in [4.69, 9.17) is 10.5 Å². The second-order valence-electron chi connectivity index (χ2n) is 4.64. The van der Waals surface area contributed by atoms with Gasteiger partial charge in [-0.2, -0.15) is 0 Å². The molecule has 1 saturated carbocycles. The molecule has 0 bridgehead atoms. The lowest BCUT2D eigenvalue weighted by molar-refractivity contribution is -0.383. The number of anilines is 1. The summed E-state index contributed by atoms with van der Waals surface area (Å²) in [7, 11) is -2.27. The Labute approximate surface area is 120 Å². The normalized spacial score (nSPS) is 17.6. The summed E-state index contributed by atoms with van der Waals surface area (Å²) in [5, 5.41) is 10.6. The maximum atomic E-state index is 12.1. The standard InChI is InChI=1S/C10H15N3O5S2/c1-18-10(3-2-4-10)6-12-20(16,17)8-5-7(13(14)15)9(11)19-8/h5,12H,2-4,6,11H2,1H3. The number of sulfonamides is 1. The van der Waals surface area contributed by atoms with Gasteiger partial charge in [0.05, 0.1) is 10.5 Å². The fraction of sp³-hybridized carbons (Fsp3) is 0.600. The molecule has 0 radical (unpaired) electrons. The maximum absolute atomic E-state index is 12.1. The van der Waals surface area contributed by atoms with Gasteiger partial charge < -0.3 is 10.5 Å². The van der Waals surface area contributed by atoms with E-state index in [-0.39, 0.29) is 21.4 Å². The Balaban J connectivity index is 2.14. The average Bonchev–Trinajstić information content (AvgIpc) is 2.71. The molecule has 0 saturated heterocycles. The number of methoxy groups -OCH3 is 1. The zero-order valence-electron chi connectivity index (χ0n) is 10.8.